The minimum atomic E-state index is -0.180. The molecule has 100 valence electrons. The maximum atomic E-state index is 9.59. The Morgan fingerprint density at radius 1 is 1.50 bits per heavy atom. The summed E-state index contributed by atoms with van der Waals surface area (Å²) in [6, 6.07) is 4.01. The third-order valence-electron chi connectivity index (χ3n) is 3.75. The van der Waals surface area contributed by atoms with Crippen LogP contribution in [0.15, 0.2) is 18.3 Å². The predicted octanol–water partition coefficient (Wildman–Crippen LogP) is 1.68. The molecule has 1 aliphatic heterocycles. The normalized spacial score (nSPS) is 19.7. The molecule has 18 heavy (non-hydrogen) atoms. The van der Waals surface area contributed by atoms with Gasteiger partial charge in [0.15, 0.2) is 0 Å². The second kappa shape index (κ2) is 6.16. The smallest absolute Gasteiger partial charge is 0.217 e. The average molecular weight is 250 g/mol. The number of hydrogen-bond acceptors (Lipinski definition) is 4. The van der Waals surface area contributed by atoms with Crippen molar-refractivity contribution in [3.8, 4) is 5.88 Å². The molecule has 2 heterocycles. The molecule has 1 fully saturated rings. The summed E-state index contributed by atoms with van der Waals surface area (Å²) >= 11 is 0. The number of aliphatic hydroxyl groups is 1. The zero-order valence-corrected chi connectivity index (χ0v) is 11.2. The SMILES string of the molecule is COc1ncccc1CN1CCC(C(C)O)CC1. The summed E-state index contributed by atoms with van der Waals surface area (Å²) in [5, 5.41) is 9.59. The van der Waals surface area contributed by atoms with Crippen LogP contribution in [0, 0.1) is 5.92 Å². The van der Waals surface area contributed by atoms with Crippen molar-refractivity contribution in [2.45, 2.75) is 32.4 Å². The fourth-order valence-electron chi connectivity index (χ4n) is 2.56. The van der Waals surface area contributed by atoms with E-state index in [-0.39, 0.29) is 6.10 Å². The number of aromatic nitrogens is 1. The molecule has 0 radical (unpaired) electrons. The first-order valence-electron chi connectivity index (χ1n) is 6.59. The zero-order valence-electron chi connectivity index (χ0n) is 11.2. The van der Waals surface area contributed by atoms with E-state index >= 15 is 0 Å². The van der Waals surface area contributed by atoms with Gasteiger partial charge in [-0.2, -0.15) is 0 Å². The van der Waals surface area contributed by atoms with Gasteiger partial charge in [0, 0.05) is 18.3 Å². The molecule has 0 amide bonds. The van der Waals surface area contributed by atoms with Crippen molar-refractivity contribution < 1.29 is 9.84 Å². The molecule has 0 saturated carbocycles. The van der Waals surface area contributed by atoms with Crippen LogP contribution in [-0.2, 0) is 6.54 Å². The molecule has 0 aromatic carbocycles. The van der Waals surface area contributed by atoms with Crippen molar-refractivity contribution >= 4 is 0 Å². The van der Waals surface area contributed by atoms with Crippen molar-refractivity contribution in [3.63, 3.8) is 0 Å². The summed E-state index contributed by atoms with van der Waals surface area (Å²) < 4.78 is 5.27. The molecule has 0 spiro atoms. The Labute approximate surface area is 109 Å². The minimum Gasteiger partial charge on any atom is -0.481 e. The van der Waals surface area contributed by atoms with E-state index in [1.807, 2.05) is 13.0 Å². The van der Waals surface area contributed by atoms with E-state index in [4.69, 9.17) is 4.74 Å². The first-order chi connectivity index (χ1) is 8.70. The standard InChI is InChI=1S/C14H22N2O2/c1-11(17)12-5-8-16(9-6-12)10-13-4-3-7-15-14(13)18-2/h3-4,7,11-12,17H,5-6,8-10H2,1-2H3. The van der Waals surface area contributed by atoms with Gasteiger partial charge in [-0.1, -0.05) is 6.07 Å². The van der Waals surface area contributed by atoms with Crippen LogP contribution in [0.3, 0.4) is 0 Å². The third kappa shape index (κ3) is 3.21. The van der Waals surface area contributed by atoms with Gasteiger partial charge in [0.2, 0.25) is 5.88 Å². The van der Waals surface area contributed by atoms with Crippen LogP contribution in [0.4, 0.5) is 0 Å². The quantitative estimate of drug-likeness (QED) is 0.883. The fourth-order valence-corrected chi connectivity index (χ4v) is 2.56. The van der Waals surface area contributed by atoms with Gasteiger partial charge in [0.25, 0.3) is 0 Å². The number of methoxy groups -OCH3 is 1. The van der Waals surface area contributed by atoms with Crippen molar-refractivity contribution in [2.75, 3.05) is 20.2 Å². The fraction of sp³-hybridized carbons (Fsp3) is 0.643. The van der Waals surface area contributed by atoms with Crippen molar-refractivity contribution in [1.29, 1.82) is 0 Å². The molecule has 1 aromatic heterocycles. The summed E-state index contributed by atoms with van der Waals surface area (Å²) in [5.41, 5.74) is 1.13. The van der Waals surface area contributed by atoms with Crippen LogP contribution >= 0.6 is 0 Å². The van der Waals surface area contributed by atoms with E-state index in [0.29, 0.717) is 5.92 Å². The molecular weight excluding hydrogens is 228 g/mol. The molecule has 1 unspecified atom stereocenters. The highest BCUT2D eigenvalue weighted by Crippen LogP contribution is 2.23. The van der Waals surface area contributed by atoms with Gasteiger partial charge in [-0.15, -0.1) is 0 Å². The van der Waals surface area contributed by atoms with Crippen LogP contribution in [-0.4, -0.2) is 41.3 Å². The number of likely N-dealkylation sites (tertiary alicyclic amines) is 1. The monoisotopic (exact) mass is 250 g/mol. The first kappa shape index (κ1) is 13.3. The lowest BCUT2D eigenvalue weighted by Gasteiger charge is -2.33. The Bertz CT molecular complexity index is 374. The molecule has 1 aliphatic rings. The third-order valence-corrected chi connectivity index (χ3v) is 3.75. The summed E-state index contributed by atoms with van der Waals surface area (Å²) in [6.07, 6.45) is 3.71. The maximum Gasteiger partial charge on any atom is 0.217 e. The van der Waals surface area contributed by atoms with E-state index in [1.54, 1.807) is 13.3 Å². The molecule has 1 atom stereocenters. The van der Waals surface area contributed by atoms with E-state index in [0.717, 1.165) is 43.9 Å². The summed E-state index contributed by atoms with van der Waals surface area (Å²) in [5.74, 6) is 1.17. The Kier molecular flexibility index (Phi) is 4.55. The summed E-state index contributed by atoms with van der Waals surface area (Å²) in [4.78, 5) is 6.62. The molecule has 0 bridgehead atoms. The van der Waals surface area contributed by atoms with Crippen LogP contribution in [0.5, 0.6) is 5.88 Å². The highest BCUT2D eigenvalue weighted by Gasteiger charge is 2.23. The Hall–Kier alpha value is -1.13. The highest BCUT2D eigenvalue weighted by atomic mass is 16.5. The average Bonchev–Trinajstić information content (AvgIpc) is 2.40. The zero-order chi connectivity index (χ0) is 13.0. The largest absolute Gasteiger partial charge is 0.481 e. The van der Waals surface area contributed by atoms with Crippen LogP contribution in [0.1, 0.15) is 25.3 Å². The Balaban J connectivity index is 1.91. The molecule has 1 saturated heterocycles. The molecule has 4 nitrogen and oxygen atoms in total. The van der Waals surface area contributed by atoms with Gasteiger partial charge < -0.3 is 9.84 Å². The highest BCUT2D eigenvalue weighted by molar-refractivity contribution is 5.25. The number of nitrogens with zero attached hydrogens (tertiary/aromatic N) is 2. The Morgan fingerprint density at radius 3 is 2.83 bits per heavy atom. The Morgan fingerprint density at radius 2 is 2.22 bits per heavy atom. The number of hydrogen-bond donors (Lipinski definition) is 1. The molecule has 0 aliphatic carbocycles. The molecule has 1 aromatic rings. The first-order valence-corrected chi connectivity index (χ1v) is 6.59. The maximum absolute atomic E-state index is 9.59. The van der Waals surface area contributed by atoms with Crippen LogP contribution in [0.25, 0.3) is 0 Å². The van der Waals surface area contributed by atoms with Crippen molar-refractivity contribution in [1.82, 2.24) is 9.88 Å². The lowest BCUT2D eigenvalue weighted by atomic mass is 9.92. The second-order valence-corrected chi connectivity index (χ2v) is 5.03. The number of rotatable bonds is 4. The van der Waals surface area contributed by atoms with Gasteiger partial charge >= 0.3 is 0 Å². The molecule has 2 rings (SSSR count). The van der Waals surface area contributed by atoms with Gasteiger partial charge in [-0.3, -0.25) is 4.90 Å². The van der Waals surface area contributed by atoms with E-state index < -0.39 is 0 Å². The van der Waals surface area contributed by atoms with Gasteiger partial charge in [0.05, 0.1) is 13.2 Å². The second-order valence-electron chi connectivity index (χ2n) is 5.03. The molecule has 1 N–H and O–H groups in total. The van der Waals surface area contributed by atoms with Crippen LogP contribution < -0.4 is 4.74 Å². The minimum absolute atomic E-state index is 0.180. The summed E-state index contributed by atoms with van der Waals surface area (Å²) in [7, 11) is 1.66. The van der Waals surface area contributed by atoms with E-state index in [9.17, 15) is 5.11 Å². The number of aliphatic hydroxyl groups excluding tert-OH is 1. The molecular formula is C14H22N2O2. The van der Waals surface area contributed by atoms with Crippen LogP contribution in [0.2, 0.25) is 0 Å². The van der Waals surface area contributed by atoms with Crippen molar-refractivity contribution in [3.05, 3.63) is 23.9 Å². The lowest BCUT2D eigenvalue weighted by Crippen LogP contribution is -2.36. The lowest BCUT2D eigenvalue weighted by molar-refractivity contribution is 0.0692. The number of pyridine rings is 1. The molecule has 4 heteroatoms. The van der Waals surface area contributed by atoms with Crippen molar-refractivity contribution in [2.24, 2.45) is 5.92 Å². The number of ether oxygens (including phenoxy) is 1. The predicted molar refractivity (Wildman–Crippen MR) is 70.5 cm³/mol. The van der Waals surface area contributed by atoms with E-state index in [1.165, 1.54) is 0 Å². The van der Waals surface area contributed by atoms with E-state index in [2.05, 4.69) is 16.0 Å². The topological polar surface area (TPSA) is 45.6 Å². The van der Waals surface area contributed by atoms with Gasteiger partial charge in [-0.25, -0.2) is 4.98 Å². The summed E-state index contributed by atoms with van der Waals surface area (Å²) in [6.45, 7) is 4.84. The number of piperidine rings is 1. The van der Waals surface area contributed by atoms with Gasteiger partial charge in [-0.05, 0) is 44.8 Å². The van der Waals surface area contributed by atoms with Gasteiger partial charge in [0.1, 0.15) is 0 Å².